The lowest BCUT2D eigenvalue weighted by atomic mass is 10.0. The molecule has 0 saturated heterocycles. The molecule has 26 heavy (non-hydrogen) atoms. The second kappa shape index (κ2) is 9.54. The number of rotatable bonds is 10. The summed E-state index contributed by atoms with van der Waals surface area (Å²) in [4.78, 5) is 24.9. The average Bonchev–Trinajstić information content (AvgIpc) is 2.58. The fraction of sp³-hybridized carbons (Fsp3) is 0.529. The van der Waals surface area contributed by atoms with Gasteiger partial charge in [0.2, 0.25) is 15.9 Å². The highest BCUT2D eigenvalue weighted by Gasteiger charge is 2.32. The summed E-state index contributed by atoms with van der Waals surface area (Å²) in [6, 6.07) is 4.71. The molecule has 8 nitrogen and oxygen atoms in total. The third-order valence-corrected chi connectivity index (χ3v) is 5.17. The monoisotopic (exact) mass is 386 g/mol. The van der Waals surface area contributed by atoms with Crippen LogP contribution in [0.2, 0.25) is 0 Å². The molecule has 1 amide bonds. The minimum atomic E-state index is -3.95. The Morgan fingerprint density at radius 1 is 1.23 bits per heavy atom. The van der Waals surface area contributed by atoms with Gasteiger partial charge in [-0.3, -0.25) is 9.59 Å². The molecule has 0 radical (unpaired) electrons. The number of nitrogens with one attached hydrogen (secondary N) is 1. The SMILES string of the molecule is CCCN(CC(=O)O)C(=O)[C@@H](NS(=O)(=O)c1ccc(OC)cc1)C(C)C. The van der Waals surface area contributed by atoms with Crippen LogP contribution >= 0.6 is 0 Å². The standard InChI is InChI=1S/C17H26N2O6S/c1-5-10-19(11-15(20)21)17(22)16(12(2)3)18-26(23,24)14-8-6-13(25-4)7-9-14/h6-9,12,16,18H,5,10-11H2,1-4H3,(H,20,21)/t16-/m0/s1. The molecule has 0 heterocycles. The quantitative estimate of drug-likeness (QED) is 0.627. The van der Waals surface area contributed by atoms with Crippen molar-refractivity contribution in [3.05, 3.63) is 24.3 Å². The summed E-state index contributed by atoms with van der Waals surface area (Å²) in [5.41, 5.74) is 0. The van der Waals surface area contributed by atoms with Crippen LogP contribution in [0.3, 0.4) is 0 Å². The van der Waals surface area contributed by atoms with Crippen molar-refractivity contribution in [2.45, 2.75) is 38.1 Å². The summed E-state index contributed by atoms with van der Waals surface area (Å²) < 4.78 is 32.6. The summed E-state index contributed by atoms with van der Waals surface area (Å²) in [6.07, 6.45) is 0.565. The summed E-state index contributed by atoms with van der Waals surface area (Å²) in [6.45, 7) is 4.97. The summed E-state index contributed by atoms with van der Waals surface area (Å²) in [7, 11) is -2.48. The van der Waals surface area contributed by atoms with E-state index in [-0.39, 0.29) is 17.4 Å². The molecule has 0 bridgehead atoms. The number of benzene rings is 1. The van der Waals surface area contributed by atoms with Crippen LogP contribution in [-0.4, -0.2) is 56.5 Å². The van der Waals surface area contributed by atoms with E-state index in [0.29, 0.717) is 12.2 Å². The van der Waals surface area contributed by atoms with E-state index in [1.54, 1.807) is 13.8 Å². The van der Waals surface area contributed by atoms with Gasteiger partial charge < -0.3 is 14.7 Å². The van der Waals surface area contributed by atoms with E-state index in [2.05, 4.69) is 4.72 Å². The van der Waals surface area contributed by atoms with Gasteiger partial charge in [0, 0.05) is 6.54 Å². The first-order valence-electron chi connectivity index (χ1n) is 8.29. The Morgan fingerprint density at radius 2 is 1.81 bits per heavy atom. The molecule has 1 aromatic rings. The van der Waals surface area contributed by atoms with Crippen LogP contribution in [0, 0.1) is 5.92 Å². The first kappa shape index (κ1) is 21.9. The van der Waals surface area contributed by atoms with Crippen molar-refractivity contribution in [3.8, 4) is 5.75 Å². The first-order chi connectivity index (χ1) is 12.1. The van der Waals surface area contributed by atoms with Crippen molar-refractivity contribution >= 4 is 21.9 Å². The van der Waals surface area contributed by atoms with Gasteiger partial charge in [0.05, 0.1) is 12.0 Å². The van der Waals surface area contributed by atoms with Crippen LogP contribution in [-0.2, 0) is 19.6 Å². The lowest BCUT2D eigenvalue weighted by Crippen LogP contribution is -2.52. The molecule has 0 saturated carbocycles. The van der Waals surface area contributed by atoms with Gasteiger partial charge in [0.25, 0.3) is 0 Å². The van der Waals surface area contributed by atoms with Gasteiger partial charge in [-0.05, 0) is 36.6 Å². The number of amides is 1. The smallest absolute Gasteiger partial charge is 0.323 e. The molecular weight excluding hydrogens is 360 g/mol. The fourth-order valence-electron chi connectivity index (χ4n) is 2.36. The molecule has 0 aliphatic carbocycles. The van der Waals surface area contributed by atoms with Crippen LogP contribution in [0.1, 0.15) is 27.2 Å². The Hall–Kier alpha value is -2.13. The van der Waals surface area contributed by atoms with Crippen LogP contribution in [0.5, 0.6) is 5.75 Å². The molecule has 2 N–H and O–H groups in total. The lowest BCUT2D eigenvalue weighted by molar-refractivity contribution is -0.145. The Morgan fingerprint density at radius 3 is 2.23 bits per heavy atom. The minimum absolute atomic E-state index is 0.00275. The number of carbonyl (C=O) groups is 2. The normalized spacial score (nSPS) is 12.7. The van der Waals surface area contributed by atoms with Crippen LogP contribution in [0.15, 0.2) is 29.2 Å². The first-order valence-corrected chi connectivity index (χ1v) is 9.77. The lowest BCUT2D eigenvalue weighted by Gasteiger charge is -2.28. The number of hydrogen-bond acceptors (Lipinski definition) is 5. The number of nitrogens with zero attached hydrogens (tertiary/aromatic N) is 1. The van der Waals surface area contributed by atoms with Crippen molar-refractivity contribution in [3.63, 3.8) is 0 Å². The molecule has 0 unspecified atom stereocenters. The molecule has 9 heteroatoms. The van der Waals surface area contributed by atoms with Gasteiger partial charge in [0.1, 0.15) is 18.3 Å². The van der Waals surface area contributed by atoms with E-state index in [9.17, 15) is 18.0 Å². The Balaban J connectivity index is 3.07. The molecule has 1 aromatic carbocycles. The van der Waals surface area contributed by atoms with E-state index < -0.39 is 34.5 Å². The largest absolute Gasteiger partial charge is 0.497 e. The third-order valence-electron chi connectivity index (χ3n) is 3.72. The van der Waals surface area contributed by atoms with Crippen molar-refractivity contribution in [1.82, 2.24) is 9.62 Å². The highest BCUT2D eigenvalue weighted by molar-refractivity contribution is 7.89. The predicted octanol–water partition coefficient (Wildman–Crippen LogP) is 1.32. The van der Waals surface area contributed by atoms with Gasteiger partial charge in [-0.2, -0.15) is 4.72 Å². The number of sulfonamides is 1. The maximum atomic E-state index is 12.7. The molecule has 1 atom stereocenters. The second-order valence-corrected chi connectivity index (χ2v) is 7.89. The fourth-order valence-corrected chi connectivity index (χ4v) is 3.70. The highest BCUT2D eigenvalue weighted by Crippen LogP contribution is 2.17. The average molecular weight is 386 g/mol. The van der Waals surface area contributed by atoms with Crippen molar-refractivity contribution in [2.75, 3.05) is 20.2 Å². The number of aliphatic carboxylic acids is 1. The Labute approximate surface area is 154 Å². The van der Waals surface area contributed by atoms with Crippen LogP contribution < -0.4 is 9.46 Å². The molecule has 0 fully saturated rings. The molecule has 146 valence electrons. The molecule has 0 aliphatic rings. The van der Waals surface area contributed by atoms with Crippen LogP contribution in [0.25, 0.3) is 0 Å². The van der Waals surface area contributed by atoms with E-state index in [4.69, 9.17) is 9.84 Å². The van der Waals surface area contributed by atoms with Crippen molar-refractivity contribution in [2.24, 2.45) is 5.92 Å². The van der Waals surface area contributed by atoms with E-state index >= 15 is 0 Å². The van der Waals surface area contributed by atoms with Crippen molar-refractivity contribution < 1.29 is 27.9 Å². The summed E-state index contributed by atoms with van der Waals surface area (Å²) in [5, 5.41) is 9.00. The minimum Gasteiger partial charge on any atom is -0.497 e. The number of carbonyl (C=O) groups excluding carboxylic acids is 1. The molecular formula is C17H26N2O6S. The van der Waals surface area contributed by atoms with Gasteiger partial charge in [0.15, 0.2) is 0 Å². The van der Waals surface area contributed by atoms with Gasteiger partial charge >= 0.3 is 5.97 Å². The zero-order valence-electron chi connectivity index (χ0n) is 15.4. The second-order valence-electron chi connectivity index (χ2n) is 6.17. The van der Waals surface area contributed by atoms with Crippen LogP contribution in [0.4, 0.5) is 0 Å². The van der Waals surface area contributed by atoms with E-state index in [1.807, 2.05) is 6.92 Å². The van der Waals surface area contributed by atoms with Gasteiger partial charge in [-0.15, -0.1) is 0 Å². The maximum absolute atomic E-state index is 12.7. The third kappa shape index (κ3) is 5.99. The summed E-state index contributed by atoms with van der Waals surface area (Å²) >= 11 is 0. The Bertz CT molecular complexity index is 715. The zero-order chi connectivity index (χ0) is 19.9. The van der Waals surface area contributed by atoms with E-state index in [1.165, 1.54) is 31.4 Å². The zero-order valence-corrected chi connectivity index (χ0v) is 16.2. The number of hydrogen-bond donors (Lipinski definition) is 2. The molecule has 0 spiro atoms. The number of carboxylic acid groups (broad SMARTS) is 1. The number of ether oxygens (including phenoxy) is 1. The number of methoxy groups -OCH3 is 1. The maximum Gasteiger partial charge on any atom is 0.323 e. The van der Waals surface area contributed by atoms with Gasteiger partial charge in [-0.25, -0.2) is 8.42 Å². The number of carboxylic acids is 1. The highest BCUT2D eigenvalue weighted by atomic mass is 32.2. The van der Waals surface area contributed by atoms with Crippen molar-refractivity contribution in [1.29, 1.82) is 0 Å². The predicted molar refractivity (Wildman–Crippen MR) is 96.4 cm³/mol. The molecule has 1 rings (SSSR count). The Kier molecular flexibility index (Phi) is 8.04. The van der Waals surface area contributed by atoms with E-state index in [0.717, 1.165) is 4.90 Å². The van der Waals surface area contributed by atoms with Gasteiger partial charge in [-0.1, -0.05) is 20.8 Å². The topological polar surface area (TPSA) is 113 Å². The molecule has 0 aromatic heterocycles. The summed E-state index contributed by atoms with van der Waals surface area (Å²) in [5.74, 6) is -1.55. The molecule has 0 aliphatic heterocycles.